The molecule has 5 N–H and O–H groups in total. The van der Waals surface area contributed by atoms with Crippen molar-refractivity contribution in [1.29, 1.82) is 5.41 Å². The van der Waals surface area contributed by atoms with Gasteiger partial charge in [0.15, 0.2) is 17.3 Å². The lowest BCUT2D eigenvalue weighted by Gasteiger charge is -2.31. The molecule has 0 saturated carbocycles. The van der Waals surface area contributed by atoms with Crippen LogP contribution in [0.2, 0.25) is 0 Å². The van der Waals surface area contributed by atoms with Crippen molar-refractivity contribution >= 4 is 11.7 Å². The molecule has 0 radical (unpaired) electrons. The third-order valence-electron chi connectivity index (χ3n) is 6.74. The summed E-state index contributed by atoms with van der Waals surface area (Å²) >= 11 is 0. The maximum Gasteiger partial charge on any atom is 0.263 e. The molecule has 44 heavy (non-hydrogen) atoms. The lowest BCUT2D eigenvalue weighted by molar-refractivity contribution is 0.0827. The Hall–Kier alpha value is -5.38. The minimum atomic E-state index is -1.27. The number of pyridine rings is 1. The van der Waals surface area contributed by atoms with E-state index in [1.165, 1.54) is 41.3 Å². The number of phenolic OH excluding ortho intramolecular Hbond substituents is 1. The standard InChI is InChI=1S/C28H29F2N9O5/c1-38(2)28(41)16-4-3-5-18(12-16)43-26-22(29)24(42-17-8-10-39(11-9-17)14-21-34-36-37-35-21)23(30)27(33-26)44-20-13-15(25(31)32)6-7-19(20)40/h3-7,12-13,17,40H,8-11,14H2,1-2H3,(H3,31,32)(H,34,35,36,37). The predicted molar refractivity (Wildman–Crippen MR) is 151 cm³/mol. The van der Waals surface area contributed by atoms with Crippen LogP contribution < -0.4 is 19.9 Å². The number of nitrogens with zero attached hydrogens (tertiary/aromatic N) is 6. The van der Waals surface area contributed by atoms with Gasteiger partial charge >= 0.3 is 0 Å². The molecule has 230 valence electrons. The van der Waals surface area contributed by atoms with Gasteiger partial charge in [-0.3, -0.25) is 15.1 Å². The van der Waals surface area contributed by atoms with Crippen molar-refractivity contribution in [2.24, 2.45) is 5.73 Å². The summed E-state index contributed by atoms with van der Waals surface area (Å²) in [6.45, 7) is 1.57. The molecule has 1 saturated heterocycles. The molecule has 1 amide bonds. The molecule has 5 rings (SSSR count). The molecule has 1 aliphatic rings. The van der Waals surface area contributed by atoms with Crippen LogP contribution in [0.5, 0.6) is 34.8 Å². The normalized spacial score (nSPS) is 13.8. The zero-order valence-electron chi connectivity index (χ0n) is 23.8. The summed E-state index contributed by atoms with van der Waals surface area (Å²) in [7, 11) is 3.16. The molecule has 0 spiro atoms. The molecule has 0 aliphatic carbocycles. The Kier molecular flexibility index (Phi) is 8.80. The fraction of sp³-hybridized carbons (Fsp3) is 0.286. The highest BCUT2D eigenvalue weighted by Gasteiger charge is 2.30. The second-order valence-corrected chi connectivity index (χ2v) is 10.1. The number of aromatic hydroxyl groups is 1. The maximum absolute atomic E-state index is 15.8. The van der Waals surface area contributed by atoms with E-state index in [2.05, 4.69) is 30.5 Å². The molecule has 4 aromatic rings. The van der Waals surface area contributed by atoms with E-state index in [0.29, 0.717) is 38.3 Å². The molecule has 1 fully saturated rings. The van der Waals surface area contributed by atoms with E-state index in [1.54, 1.807) is 20.2 Å². The van der Waals surface area contributed by atoms with E-state index in [4.69, 9.17) is 25.4 Å². The second-order valence-electron chi connectivity index (χ2n) is 10.1. The number of rotatable bonds is 10. The van der Waals surface area contributed by atoms with Gasteiger partial charge in [-0.05, 0) is 59.7 Å². The number of nitrogens with two attached hydrogens (primary N) is 1. The number of amidine groups is 1. The van der Waals surface area contributed by atoms with Crippen molar-refractivity contribution in [1.82, 2.24) is 35.4 Å². The van der Waals surface area contributed by atoms with Gasteiger partial charge < -0.3 is 30.0 Å². The third kappa shape index (κ3) is 6.81. The van der Waals surface area contributed by atoms with Gasteiger partial charge in [0.05, 0.1) is 6.54 Å². The zero-order valence-corrected chi connectivity index (χ0v) is 23.8. The van der Waals surface area contributed by atoms with Crippen LogP contribution >= 0.6 is 0 Å². The number of ether oxygens (including phenoxy) is 3. The quantitative estimate of drug-likeness (QED) is 0.153. The maximum atomic E-state index is 15.8. The van der Waals surface area contributed by atoms with Crippen molar-refractivity contribution < 1.29 is 32.9 Å². The van der Waals surface area contributed by atoms with Gasteiger partial charge in [0, 0.05) is 38.3 Å². The van der Waals surface area contributed by atoms with Crippen LogP contribution in [0.25, 0.3) is 0 Å². The van der Waals surface area contributed by atoms with Crippen LogP contribution in [0.4, 0.5) is 8.78 Å². The largest absolute Gasteiger partial charge is 0.504 e. The molecular weight excluding hydrogens is 580 g/mol. The van der Waals surface area contributed by atoms with E-state index in [-0.39, 0.29) is 34.4 Å². The lowest BCUT2D eigenvalue weighted by atomic mass is 10.1. The number of nitrogens with one attached hydrogen (secondary N) is 2. The minimum absolute atomic E-state index is 0.0456. The number of benzene rings is 2. The number of nitrogen functional groups attached to an aromatic ring is 1. The number of phenols is 1. The average molecular weight is 610 g/mol. The number of aromatic nitrogens is 5. The van der Waals surface area contributed by atoms with Gasteiger partial charge in [-0.15, -0.1) is 5.10 Å². The number of aromatic amines is 1. The number of halogens is 2. The van der Waals surface area contributed by atoms with E-state index < -0.39 is 41.0 Å². The Bertz CT molecular complexity index is 1660. The molecule has 1 aliphatic heterocycles. The van der Waals surface area contributed by atoms with Crippen molar-refractivity contribution in [3.8, 4) is 34.8 Å². The first-order valence-electron chi connectivity index (χ1n) is 13.4. The Labute approximate surface area is 249 Å². The Morgan fingerprint density at radius 1 is 1.11 bits per heavy atom. The van der Waals surface area contributed by atoms with E-state index in [9.17, 15) is 9.90 Å². The molecule has 2 aromatic heterocycles. The number of carbonyl (C=O) groups excluding carboxylic acids is 1. The first kappa shape index (κ1) is 30.1. The summed E-state index contributed by atoms with van der Waals surface area (Å²) < 4.78 is 48.7. The fourth-order valence-electron chi connectivity index (χ4n) is 4.46. The first-order chi connectivity index (χ1) is 21.1. The number of hydrogen-bond acceptors (Lipinski definition) is 11. The summed E-state index contributed by atoms with van der Waals surface area (Å²) in [6.07, 6.45) is 0.304. The second kappa shape index (κ2) is 12.9. The van der Waals surface area contributed by atoms with Crippen molar-refractivity contribution in [3.63, 3.8) is 0 Å². The number of tetrazole rings is 1. The molecule has 2 aromatic carbocycles. The Balaban J connectivity index is 1.45. The summed E-state index contributed by atoms with van der Waals surface area (Å²) in [5.74, 6) is -5.44. The SMILES string of the molecule is CN(C)C(=O)c1cccc(Oc2nc(Oc3cc(C(=N)N)ccc3O)c(F)c(OC3CCN(Cc4nnn[nH]4)CC3)c2F)c1. The van der Waals surface area contributed by atoms with Crippen LogP contribution in [-0.4, -0.2) is 85.5 Å². The zero-order chi connectivity index (χ0) is 31.4. The summed E-state index contributed by atoms with van der Waals surface area (Å²) in [4.78, 5) is 19.8. The smallest absolute Gasteiger partial charge is 0.263 e. The average Bonchev–Trinajstić information content (AvgIpc) is 3.52. The van der Waals surface area contributed by atoms with E-state index in [0.717, 1.165) is 0 Å². The Morgan fingerprint density at radius 3 is 2.50 bits per heavy atom. The number of H-pyrrole nitrogens is 1. The van der Waals surface area contributed by atoms with Crippen LogP contribution in [0, 0.1) is 17.0 Å². The van der Waals surface area contributed by atoms with Crippen molar-refractivity contribution in [2.45, 2.75) is 25.5 Å². The summed E-state index contributed by atoms with van der Waals surface area (Å²) in [6, 6.07) is 9.74. The van der Waals surface area contributed by atoms with E-state index >= 15 is 8.78 Å². The van der Waals surface area contributed by atoms with Gasteiger partial charge in [-0.1, -0.05) is 6.07 Å². The summed E-state index contributed by atoms with van der Waals surface area (Å²) in [5.41, 5.74) is 5.99. The fourth-order valence-corrected chi connectivity index (χ4v) is 4.46. The number of amides is 1. The summed E-state index contributed by atoms with van der Waals surface area (Å²) in [5, 5.41) is 31.7. The molecule has 0 unspecified atom stereocenters. The molecule has 16 heteroatoms. The van der Waals surface area contributed by atoms with Crippen LogP contribution in [0.15, 0.2) is 42.5 Å². The highest BCUT2D eigenvalue weighted by atomic mass is 19.1. The van der Waals surface area contributed by atoms with Crippen LogP contribution in [-0.2, 0) is 6.54 Å². The molecule has 3 heterocycles. The van der Waals surface area contributed by atoms with Crippen LogP contribution in [0.3, 0.4) is 0 Å². The predicted octanol–water partition coefficient (Wildman–Crippen LogP) is 3.19. The molecule has 14 nitrogen and oxygen atoms in total. The van der Waals surface area contributed by atoms with Crippen molar-refractivity contribution in [2.75, 3.05) is 27.2 Å². The number of carbonyl (C=O) groups is 1. The first-order valence-corrected chi connectivity index (χ1v) is 13.4. The highest BCUT2D eigenvalue weighted by molar-refractivity contribution is 5.95. The number of piperidine rings is 1. The lowest BCUT2D eigenvalue weighted by Crippen LogP contribution is -2.38. The monoisotopic (exact) mass is 609 g/mol. The third-order valence-corrected chi connectivity index (χ3v) is 6.74. The number of hydrogen-bond donors (Lipinski definition) is 4. The number of likely N-dealkylation sites (tertiary alicyclic amines) is 1. The Morgan fingerprint density at radius 2 is 1.84 bits per heavy atom. The minimum Gasteiger partial charge on any atom is -0.504 e. The molecule has 0 atom stereocenters. The van der Waals surface area contributed by atoms with Gasteiger partial charge in [0.25, 0.3) is 17.7 Å². The van der Waals surface area contributed by atoms with Gasteiger partial charge in [0.2, 0.25) is 17.4 Å². The van der Waals surface area contributed by atoms with Gasteiger partial charge in [-0.25, -0.2) is 5.10 Å². The molecular formula is C28H29F2N9O5. The van der Waals surface area contributed by atoms with Gasteiger partial charge in [0.1, 0.15) is 17.7 Å². The van der Waals surface area contributed by atoms with Crippen LogP contribution in [0.1, 0.15) is 34.6 Å². The highest BCUT2D eigenvalue weighted by Crippen LogP contribution is 2.40. The van der Waals surface area contributed by atoms with Gasteiger partial charge in [-0.2, -0.15) is 13.8 Å². The molecule has 0 bridgehead atoms. The topological polar surface area (TPSA) is 189 Å². The van der Waals surface area contributed by atoms with Crippen molar-refractivity contribution in [3.05, 3.63) is 71.1 Å². The van der Waals surface area contributed by atoms with E-state index in [1.807, 2.05) is 0 Å².